The van der Waals surface area contributed by atoms with Gasteiger partial charge in [0.05, 0.1) is 39.2 Å². The number of para-hydroxylation sites is 2. The highest BCUT2D eigenvalue weighted by Gasteiger charge is 2.26. The zero-order valence-electron chi connectivity index (χ0n) is 22.3. The lowest BCUT2D eigenvalue weighted by Gasteiger charge is -2.29. The number of nitrogens with zero attached hydrogens (tertiary/aromatic N) is 5. The minimum absolute atomic E-state index is 0.0762. The first-order chi connectivity index (χ1) is 19.4. The molecule has 0 bridgehead atoms. The van der Waals surface area contributed by atoms with Crippen LogP contribution in [0.5, 0.6) is 0 Å². The number of aromatic nitrogens is 4. The van der Waals surface area contributed by atoms with Gasteiger partial charge in [-0.15, -0.1) is 0 Å². The van der Waals surface area contributed by atoms with Crippen LogP contribution in [0.3, 0.4) is 0 Å². The van der Waals surface area contributed by atoms with E-state index in [1.54, 1.807) is 34.9 Å². The van der Waals surface area contributed by atoms with Crippen LogP contribution in [0.25, 0.3) is 16.7 Å². The van der Waals surface area contributed by atoms with E-state index in [0.29, 0.717) is 53.2 Å². The number of aryl methyl sites for hydroxylation is 1. The molecule has 4 aromatic rings. The summed E-state index contributed by atoms with van der Waals surface area (Å²) in [6.45, 7) is 3.08. The molecule has 4 heterocycles. The lowest BCUT2D eigenvalue weighted by molar-refractivity contribution is -0.117. The van der Waals surface area contributed by atoms with Crippen molar-refractivity contribution >= 4 is 40.3 Å². The standard InChI is InChI=1S/C30H31ClN6O3/c1-19-24(15-21(31)16-32-19)29(39)34-22-10-8-20(9-11-22)18-36-25-5-2-3-6-26(25)37(30(36)40)23-12-13-27(33-17-23)35-14-4-7-28(35)38/h2-3,5-6,12-13,15-17,20,22H,4,7-11,14,18H2,1H3,(H,34,39)/t20-,22-. The highest BCUT2D eigenvalue weighted by atomic mass is 35.5. The van der Waals surface area contributed by atoms with Crippen molar-refractivity contribution < 1.29 is 9.59 Å². The number of rotatable bonds is 6. The largest absolute Gasteiger partial charge is 0.349 e. The van der Waals surface area contributed by atoms with Crippen molar-refractivity contribution in [2.75, 3.05) is 11.4 Å². The molecule has 1 saturated heterocycles. The molecule has 1 saturated carbocycles. The number of anilines is 1. The summed E-state index contributed by atoms with van der Waals surface area (Å²) in [4.78, 5) is 49.1. The Hall–Kier alpha value is -3.98. The average molecular weight is 559 g/mol. The summed E-state index contributed by atoms with van der Waals surface area (Å²) >= 11 is 6.04. The second-order valence-corrected chi connectivity index (χ2v) is 11.2. The number of nitrogens with one attached hydrogen (secondary N) is 1. The van der Waals surface area contributed by atoms with Crippen LogP contribution < -0.4 is 15.9 Å². The van der Waals surface area contributed by atoms with Crippen molar-refractivity contribution in [1.82, 2.24) is 24.4 Å². The maximum Gasteiger partial charge on any atom is 0.333 e. The lowest BCUT2D eigenvalue weighted by atomic mass is 9.85. The first-order valence-corrected chi connectivity index (χ1v) is 14.2. The van der Waals surface area contributed by atoms with Gasteiger partial charge >= 0.3 is 5.69 Å². The molecule has 3 aromatic heterocycles. The summed E-state index contributed by atoms with van der Waals surface area (Å²) in [5.74, 6) is 0.874. The van der Waals surface area contributed by atoms with E-state index in [1.165, 1.54) is 0 Å². The Bertz CT molecular complexity index is 1640. The Kier molecular flexibility index (Phi) is 7.14. The lowest BCUT2D eigenvalue weighted by Crippen LogP contribution is -2.39. The number of amides is 2. The maximum absolute atomic E-state index is 13.7. The zero-order chi connectivity index (χ0) is 27.8. The summed E-state index contributed by atoms with van der Waals surface area (Å²) in [6, 6.07) is 13.2. The van der Waals surface area contributed by atoms with Gasteiger partial charge in [0.1, 0.15) is 5.82 Å². The molecular weight excluding hydrogens is 528 g/mol. The normalized spacial score (nSPS) is 19.4. The second kappa shape index (κ2) is 10.9. The Morgan fingerprint density at radius 2 is 1.80 bits per heavy atom. The van der Waals surface area contributed by atoms with Crippen LogP contribution >= 0.6 is 11.6 Å². The highest BCUT2D eigenvalue weighted by molar-refractivity contribution is 6.30. The molecule has 206 valence electrons. The monoisotopic (exact) mass is 558 g/mol. The molecule has 2 amide bonds. The molecule has 10 heteroatoms. The third-order valence-electron chi connectivity index (χ3n) is 8.10. The molecule has 2 aliphatic rings. The summed E-state index contributed by atoms with van der Waals surface area (Å²) in [7, 11) is 0. The summed E-state index contributed by atoms with van der Waals surface area (Å²) in [5, 5.41) is 3.58. The van der Waals surface area contributed by atoms with E-state index in [9.17, 15) is 14.4 Å². The fraction of sp³-hybridized carbons (Fsp3) is 0.367. The van der Waals surface area contributed by atoms with Gasteiger partial charge in [0, 0.05) is 31.7 Å². The molecule has 6 rings (SSSR count). The van der Waals surface area contributed by atoms with Gasteiger partial charge in [-0.25, -0.2) is 9.78 Å². The number of carbonyl (C=O) groups excluding carboxylic acids is 2. The van der Waals surface area contributed by atoms with Gasteiger partial charge in [0.25, 0.3) is 5.91 Å². The molecule has 0 atom stereocenters. The highest BCUT2D eigenvalue weighted by Crippen LogP contribution is 2.28. The van der Waals surface area contributed by atoms with E-state index in [0.717, 1.165) is 43.1 Å². The predicted molar refractivity (Wildman–Crippen MR) is 154 cm³/mol. The van der Waals surface area contributed by atoms with E-state index in [4.69, 9.17) is 11.6 Å². The van der Waals surface area contributed by atoms with Gasteiger partial charge in [0.15, 0.2) is 0 Å². The minimum Gasteiger partial charge on any atom is -0.349 e. The Morgan fingerprint density at radius 1 is 1.02 bits per heavy atom. The van der Waals surface area contributed by atoms with Crippen molar-refractivity contribution in [3.8, 4) is 5.69 Å². The van der Waals surface area contributed by atoms with Crippen LogP contribution in [-0.4, -0.2) is 43.5 Å². The molecule has 9 nitrogen and oxygen atoms in total. The Morgan fingerprint density at radius 3 is 2.50 bits per heavy atom. The Balaban J connectivity index is 1.17. The van der Waals surface area contributed by atoms with E-state index in [-0.39, 0.29) is 23.5 Å². The van der Waals surface area contributed by atoms with E-state index < -0.39 is 0 Å². The van der Waals surface area contributed by atoms with Gasteiger partial charge in [-0.2, -0.15) is 0 Å². The van der Waals surface area contributed by atoms with E-state index in [1.807, 2.05) is 41.0 Å². The number of pyridine rings is 2. The number of hydrogen-bond donors (Lipinski definition) is 1. The second-order valence-electron chi connectivity index (χ2n) is 10.7. The molecule has 1 aromatic carbocycles. The molecule has 1 N–H and O–H groups in total. The fourth-order valence-corrected chi connectivity index (χ4v) is 6.10. The predicted octanol–water partition coefficient (Wildman–Crippen LogP) is 4.66. The first-order valence-electron chi connectivity index (χ1n) is 13.8. The summed E-state index contributed by atoms with van der Waals surface area (Å²) in [5.41, 5.74) is 3.43. The van der Waals surface area contributed by atoms with Crippen molar-refractivity contribution in [2.45, 2.75) is 58.0 Å². The van der Waals surface area contributed by atoms with Gasteiger partial charge in [0.2, 0.25) is 5.91 Å². The molecule has 1 aliphatic heterocycles. The summed E-state index contributed by atoms with van der Waals surface area (Å²) in [6.07, 6.45) is 8.10. The third kappa shape index (κ3) is 5.01. The molecular formula is C30H31ClN6O3. The van der Waals surface area contributed by atoms with Crippen LogP contribution in [0.15, 0.2) is 59.7 Å². The van der Waals surface area contributed by atoms with Crippen LogP contribution in [-0.2, 0) is 11.3 Å². The van der Waals surface area contributed by atoms with Gasteiger partial charge in [-0.05, 0) is 75.3 Å². The fourth-order valence-electron chi connectivity index (χ4n) is 5.94. The molecule has 0 spiro atoms. The number of fused-ring (bicyclic) bond motifs is 1. The topological polar surface area (TPSA) is 102 Å². The average Bonchev–Trinajstić information content (AvgIpc) is 3.51. The van der Waals surface area contributed by atoms with E-state index in [2.05, 4.69) is 15.3 Å². The number of imidazole rings is 1. The van der Waals surface area contributed by atoms with Gasteiger partial charge in [-0.1, -0.05) is 23.7 Å². The van der Waals surface area contributed by atoms with Crippen LogP contribution in [0, 0.1) is 12.8 Å². The first kappa shape index (κ1) is 26.3. The van der Waals surface area contributed by atoms with Crippen LogP contribution in [0.1, 0.15) is 54.6 Å². The number of carbonyl (C=O) groups is 2. The number of benzene rings is 1. The molecule has 40 heavy (non-hydrogen) atoms. The molecule has 0 radical (unpaired) electrons. The van der Waals surface area contributed by atoms with E-state index >= 15 is 0 Å². The SMILES string of the molecule is Cc1ncc(Cl)cc1C(=O)N[C@H]1CC[C@H](Cn2c(=O)n(-c3ccc(N4CCCC4=O)nc3)c3ccccc32)CC1. The minimum atomic E-state index is -0.149. The molecule has 2 fully saturated rings. The van der Waals surface area contributed by atoms with Crippen molar-refractivity contribution in [1.29, 1.82) is 0 Å². The van der Waals surface area contributed by atoms with Crippen LogP contribution in [0.4, 0.5) is 5.82 Å². The smallest absolute Gasteiger partial charge is 0.333 e. The summed E-state index contributed by atoms with van der Waals surface area (Å²) < 4.78 is 3.56. The molecule has 1 aliphatic carbocycles. The number of halogens is 1. The quantitative estimate of drug-likeness (QED) is 0.371. The van der Waals surface area contributed by atoms with Crippen molar-refractivity contribution in [3.63, 3.8) is 0 Å². The number of hydrogen-bond acceptors (Lipinski definition) is 5. The third-order valence-corrected chi connectivity index (χ3v) is 8.30. The maximum atomic E-state index is 13.7. The Labute approximate surface area is 236 Å². The zero-order valence-corrected chi connectivity index (χ0v) is 23.1. The molecule has 0 unspecified atom stereocenters. The van der Waals surface area contributed by atoms with Crippen molar-refractivity contribution in [3.05, 3.63) is 81.6 Å². The van der Waals surface area contributed by atoms with Gasteiger partial charge < -0.3 is 5.32 Å². The van der Waals surface area contributed by atoms with Crippen LogP contribution in [0.2, 0.25) is 5.02 Å². The van der Waals surface area contributed by atoms with Gasteiger partial charge in [-0.3, -0.25) is 28.6 Å². The van der Waals surface area contributed by atoms with Crippen molar-refractivity contribution in [2.24, 2.45) is 5.92 Å².